The number of hydrogen-bond donors (Lipinski definition) is 1. The van der Waals surface area contributed by atoms with Crippen LogP contribution >= 0.6 is 11.6 Å². The second-order valence-corrected chi connectivity index (χ2v) is 5.67. The van der Waals surface area contributed by atoms with E-state index in [1.54, 1.807) is 24.3 Å². The number of benzene rings is 2. The van der Waals surface area contributed by atoms with E-state index >= 15 is 0 Å². The number of fused-ring (bicyclic) bond motifs is 1. The lowest BCUT2D eigenvalue weighted by Crippen LogP contribution is -2.43. The molecule has 0 spiro atoms. The van der Waals surface area contributed by atoms with Crippen LogP contribution in [-0.4, -0.2) is 18.1 Å². The average molecular weight is 302 g/mol. The molecule has 2 atom stereocenters. The van der Waals surface area contributed by atoms with E-state index in [-0.39, 0.29) is 18.1 Å². The van der Waals surface area contributed by atoms with Crippen molar-refractivity contribution in [3.63, 3.8) is 0 Å². The van der Waals surface area contributed by atoms with Crippen LogP contribution in [0.3, 0.4) is 0 Å². The van der Waals surface area contributed by atoms with Crippen LogP contribution in [0.2, 0.25) is 5.02 Å². The Kier molecular flexibility index (Phi) is 3.84. The summed E-state index contributed by atoms with van der Waals surface area (Å²) in [6.45, 7) is 1.96. The van der Waals surface area contributed by atoms with Gasteiger partial charge in [0.05, 0.1) is 6.04 Å². The molecule has 3 nitrogen and oxygen atoms in total. The third-order valence-corrected chi connectivity index (χ3v) is 3.95. The van der Waals surface area contributed by atoms with Crippen molar-refractivity contribution in [2.75, 3.05) is 0 Å². The van der Waals surface area contributed by atoms with Crippen molar-refractivity contribution >= 4 is 17.5 Å². The maximum Gasteiger partial charge on any atom is 0.251 e. The Balaban J connectivity index is 1.64. The van der Waals surface area contributed by atoms with Crippen LogP contribution in [0.5, 0.6) is 5.75 Å². The number of para-hydroxylation sites is 1. The molecule has 4 heteroatoms. The number of carbonyl (C=O) groups is 1. The predicted molar refractivity (Wildman–Crippen MR) is 82.9 cm³/mol. The Hall–Kier alpha value is -2.00. The minimum Gasteiger partial charge on any atom is -0.488 e. The standard InChI is InChI=1S/C17H16ClNO2/c1-11(16-10-13-4-2-3-5-15(13)21-16)19-17(20)12-6-8-14(18)9-7-12/h2-9,11,16H,10H2,1H3,(H,19,20). The Bertz CT molecular complexity index is 629. The van der Waals surface area contributed by atoms with E-state index < -0.39 is 0 Å². The normalized spacial score (nSPS) is 17.7. The molecule has 0 bridgehead atoms. The molecule has 108 valence electrons. The number of amides is 1. The van der Waals surface area contributed by atoms with Gasteiger partial charge in [-0.3, -0.25) is 4.79 Å². The summed E-state index contributed by atoms with van der Waals surface area (Å²) in [6.07, 6.45) is 0.789. The van der Waals surface area contributed by atoms with Crippen molar-refractivity contribution in [1.82, 2.24) is 5.32 Å². The van der Waals surface area contributed by atoms with Crippen molar-refractivity contribution < 1.29 is 9.53 Å². The van der Waals surface area contributed by atoms with Gasteiger partial charge in [0, 0.05) is 17.0 Å². The van der Waals surface area contributed by atoms with E-state index in [0.29, 0.717) is 10.6 Å². The smallest absolute Gasteiger partial charge is 0.251 e. The van der Waals surface area contributed by atoms with Gasteiger partial charge in [-0.05, 0) is 42.8 Å². The maximum atomic E-state index is 12.2. The Morgan fingerprint density at radius 2 is 1.95 bits per heavy atom. The molecule has 2 aromatic carbocycles. The number of rotatable bonds is 3. The van der Waals surface area contributed by atoms with Crippen LogP contribution in [0.1, 0.15) is 22.8 Å². The van der Waals surface area contributed by atoms with Crippen LogP contribution in [0.25, 0.3) is 0 Å². The molecule has 1 heterocycles. The van der Waals surface area contributed by atoms with Crippen molar-refractivity contribution in [3.8, 4) is 5.75 Å². The molecule has 1 aliphatic rings. The molecule has 0 fully saturated rings. The summed E-state index contributed by atoms with van der Waals surface area (Å²) in [5.41, 5.74) is 1.79. The molecular weight excluding hydrogens is 286 g/mol. The van der Waals surface area contributed by atoms with E-state index in [0.717, 1.165) is 12.2 Å². The molecular formula is C17H16ClNO2. The summed E-state index contributed by atoms with van der Waals surface area (Å²) in [6, 6.07) is 14.8. The molecule has 1 amide bonds. The molecule has 0 radical (unpaired) electrons. The SMILES string of the molecule is CC(NC(=O)c1ccc(Cl)cc1)C1Cc2ccccc2O1. The van der Waals surface area contributed by atoms with Gasteiger partial charge in [-0.1, -0.05) is 29.8 Å². The molecule has 2 unspecified atom stereocenters. The molecule has 2 aromatic rings. The zero-order valence-corrected chi connectivity index (χ0v) is 12.4. The third kappa shape index (κ3) is 3.03. The van der Waals surface area contributed by atoms with Crippen LogP contribution in [0.15, 0.2) is 48.5 Å². The fourth-order valence-electron chi connectivity index (χ4n) is 2.47. The number of ether oxygens (including phenoxy) is 1. The van der Waals surface area contributed by atoms with Gasteiger partial charge in [-0.15, -0.1) is 0 Å². The van der Waals surface area contributed by atoms with E-state index in [4.69, 9.17) is 16.3 Å². The van der Waals surface area contributed by atoms with Gasteiger partial charge in [-0.2, -0.15) is 0 Å². The Morgan fingerprint density at radius 1 is 1.24 bits per heavy atom. The lowest BCUT2D eigenvalue weighted by Gasteiger charge is -2.20. The Morgan fingerprint density at radius 3 is 2.67 bits per heavy atom. The van der Waals surface area contributed by atoms with Gasteiger partial charge in [0.25, 0.3) is 5.91 Å². The first-order valence-electron chi connectivity index (χ1n) is 6.94. The van der Waals surface area contributed by atoms with Crippen LogP contribution < -0.4 is 10.1 Å². The quantitative estimate of drug-likeness (QED) is 0.943. The van der Waals surface area contributed by atoms with Crippen LogP contribution in [0.4, 0.5) is 0 Å². The summed E-state index contributed by atoms with van der Waals surface area (Å²) < 4.78 is 5.89. The number of nitrogens with one attached hydrogen (secondary N) is 1. The first-order valence-corrected chi connectivity index (χ1v) is 7.32. The summed E-state index contributed by atoms with van der Waals surface area (Å²) in [5.74, 6) is 0.800. The highest BCUT2D eigenvalue weighted by atomic mass is 35.5. The van der Waals surface area contributed by atoms with Crippen molar-refractivity contribution in [1.29, 1.82) is 0 Å². The first kappa shape index (κ1) is 14.0. The highest BCUT2D eigenvalue weighted by molar-refractivity contribution is 6.30. The monoisotopic (exact) mass is 301 g/mol. The zero-order chi connectivity index (χ0) is 14.8. The topological polar surface area (TPSA) is 38.3 Å². The van der Waals surface area contributed by atoms with Crippen molar-refractivity contribution in [3.05, 3.63) is 64.7 Å². The van der Waals surface area contributed by atoms with Crippen molar-refractivity contribution in [2.45, 2.75) is 25.5 Å². The molecule has 0 aromatic heterocycles. The lowest BCUT2D eigenvalue weighted by molar-refractivity contribution is 0.0897. The fraction of sp³-hybridized carbons (Fsp3) is 0.235. The van der Waals surface area contributed by atoms with Crippen molar-refractivity contribution in [2.24, 2.45) is 0 Å². The lowest BCUT2D eigenvalue weighted by atomic mass is 10.1. The van der Waals surface area contributed by atoms with Gasteiger partial charge in [0.15, 0.2) is 0 Å². The largest absolute Gasteiger partial charge is 0.488 e. The van der Waals surface area contributed by atoms with Gasteiger partial charge < -0.3 is 10.1 Å². The second-order valence-electron chi connectivity index (χ2n) is 5.24. The minimum absolute atomic E-state index is 0.0290. The maximum absolute atomic E-state index is 12.2. The highest BCUT2D eigenvalue weighted by Gasteiger charge is 2.28. The van der Waals surface area contributed by atoms with E-state index in [1.165, 1.54) is 5.56 Å². The van der Waals surface area contributed by atoms with E-state index in [9.17, 15) is 4.79 Å². The Labute approximate surface area is 128 Å². The second kappa shape index (κ2) is 5.78. The van der Waals surface area contributed by atoms with Gasteiger partial charge in [0.2, 0.25) is 0 Å². The van der Waals surface area contributed by atoms with Crippen LogP contribution in [-0.2, 0) is 6.42 Å². The summed E-state index contributed by atoms with van der Waals surface area (Å²) >= 11 is 5.83. The third-order valence-electron chi connectivity index (χ3n) is 3.69. The summed E-state index contributed by atoms with van der Waals surface area (Å²) in [5, 5.41) is 3.61. The first-order chi connectivity index (χ1) is 10.1. The molecule has 1 N–H and O–H groups in total. The fourth-order valence-corrected chi connectivity index (χ4v) is 2.60. The number of hydrogen-bond acceptors (Lipinski definition) is 2. The van der Waals surface area contributed by atoms with E-state index in [2.05, 4.69) is 11.4 Å². The predicted octanol–water partition coefficient (Wildman–Crippen LogP) is 3.46. The highest BCUT2D eigenvalue weighted by Crippen LogP contribution is 2.29. The minimum atomic E-state index is -0.112. The number of carbonyl (C=O) groups excluding carboxylic acids is 1. The number of halogens is 1. The summed E-state index contributed by atoms with van der Waals surface area (Å²) in [7, 11) is 0. The average Bonchev–Trinajstić information content (AvgIpc) is 2.92. The van der Waals surface area contributed by atoms with Gasteiger partial charge in [0.1, 0.15) is 11.9 Å². The summed E-state index contributed by atoms with van der Waals surface area (Å²) in [4.78, 5) is 12.2. The molecule has 1 aliphatic heterocycles. The van der Waals surface area contributed by atoms with E-state index in [1.807, 2.05) is 25.1 Å². The van der Waals surface area contributed by atoms with Gasteiger partial charge in [-0.25, -0.2) is 0 Å². The molecule has 0 aliphatic carbocycles. The molecule has 21 heavy (non-hydrogen) atoms. The molecule has 3 rings (SSSR count). The zero-order valence-electron chi connectivity index (χ0n) is 11.7. The van der Waals surface area contributed by atoms with Gasteiger partial charge >= 0.3 is 0 Å². The molecule has 0 saturated heterocycles. The van der Waals surface area contributed by atoms with Crippen LogP contribution in [0, 0.1) is 0 Å². The molecule has 0 saturated carbocycles.